The minimum absolute atomic E-state index is 0.00894. The normalized spacial score (nSPS) is 21.1. The van der Waals surface area contributed by atoms with Gasteiger partial charge in [-0.2, -0.15) is 0 Å². The van der Waals surface area contributed by atoms with Crippen LogP contribution in [0.2, 0.25) is 0 Å². The number of hydrogen-bond donors (Lipinski definition) is 2. The van der Waals surface area contributed by atoms with Crippen molar-refractivity contribution in [1.29, 1.82) is 0 Å². The fourth-order valence-electron chi connectivity index (χ4n) is 4.37. The van der Waals surface area contributed by atoms with Gasteiger partial charge in [0.25, 0.3) is 5.56 Å². The van der Waals surface area contributed by atoms with E-state index in [0.29, 0.717) is 36.3 Å². The lowest BCUT2D eigenvalue weighted by Gasteiger charge is -2.25. The van der Waals surface area contributed by atoms with Crippen molar-refractivity contribution in [3.8, 4) is 0 Å². The second kappa shape index (κ2) is 6.95. The first kappa shape index (κ1) is 19.0. The van der Waals surface area contributed by atoms with Crippen LogP contribution >= 0.6 is 0 Å². The number of nitrogens with zero attached hydrogens (tertiary/aromatic N) is 2. The van der Waals surface area contributed by atoms with Crippen LogP contribution in [-0.2, 0) is 0 Å². The Morgan fingerprint density at radius 3 is 2.64 bits per heavy atom. The van der Waals surface area contributed by atoms with Crippen LogP contribution < -0.4 is 21.9 Å². The first-order valence-corrected chi connectivity index (χ1v) is 9.54. The van der Waals surface area contributed by atoms with E-state index in [2.05, 4.69) is 4.98 Å². The number of rotatable bonds is 5. The molecule has 1 aliphatic carbocycles. The molecule has 0 radical (unpaired) electrons. The largest absolute Gasteiger partial charge is 0.369 e. The van der Waals surface area contributed by atoms with Crippen molar-refractivity contribution in [2.24, 2.45) is 11.7 Å². The second-order valence-corrected chi connectivity index (χ2v) is 7.87. The molecule has 4 rings (SSSR count). The fourth-order valence-corrected chi connectivity index (χ4v) is 4.37. The summed E-state index contributed by atoms with van der Waals surface area (Å²) in [6.45, 7) is 2.56. The van der Waals surface area contributed by atoms with Crippen LogP contribution in [0.15, 0.2) is 15.7 Å². The van der Waals surface area contributed by atoms with E-state index in [0.717, 1.165) is 12.8 Å². The number of nitrogens with two attached hydrogens (primary N) is 1. The van der Waals surface area contributed by atoms with Gasteiger partial charge in [0.15, 0.2) is 0 Å². The number of alkyl halides is 2. The molecule has 1 saturated heterocycles. The van der Waals surface area contributed by atoms with E-state index in [1.54, 1.807) is 16.4 Å². The van der Waals surface area contributed by atoms with Gasteiger partial charge in [-0.1, -0.05) is 0 Å². The third-order valence-corrected chi connectivity index (χ3v) is 5.90. The number of aromatic amines is 1. The molecule has 2 aromatic rings. The number of fused-ring (bicyclic) bond motifs is 1. The summed E-state index contributed by atoms with van der Waals surface area (Å²) in [6.07, 6.45) is -0.588. The van der Waals surface area contributed by atoms with Crippen LogP contribution in [0, 0.1) is 18.7 Å². The Bertz CT molecular complexity index is 1030. The van der Waals surface area contributed by atoms with Crippen LogP contribution in [-0.4, -0.2) is 35.1 Å². The molecule has 2 unspecified atom stereocenters. The van der Waals surface area contributed by atoms with E-state index in [4.69, 9.17) is 5.73 Å². The Hall–Kier alpha value is -2.29. The van der Waals surface area contributed by atoms with Gasteiger partial charge in [-0.15, -0.1) is 0 Å². The molecule has 2 heterocycles. The molecule has 6 nitrogen and oxygen atoms in total. The van der Waals surface area contributed by atoms with Gasteiger partial charge in [0, 0.05) is 37.2 Å². The van der Waals surface area contributed by atoms with Gasteiger partial charge in [-0.25, -0.2) is 18.0 Å². The summed E-state index contributed by atoms with van der Waals surface area (Å²) in [6, 6.07) is 0.525. The zero-order valence-corrected chi connectivity index (χ0v) is 15.6. The quantitative estimate of drug-likeness (QED) is 0.812. The van der Waals surface area contributed by atoms with Crippen molar-refractivity contribution in [3.63, 3.8) is 0 Å². The number of halogens is 3. The van der Waals surface area contributed by atoms with Crippen molar-refractivity contribution in [2.75, 3.05) is 18.0 Å². The molecule has 0 bridgehead atoms. The molecule has 1 aliphatic heterocycles. The highest BCUT2D eigenvalue weighted by molar-refractivity contribution is 5.87. The van der Waals surface area contributed by atoms with Gasteiger partial charge in [0.2, 0.25) is 6.43 Å². The SMILES string of the molecule is Cc1c(N2CCC(C(N)CC(F)F)C2)c(F)cc2c(=O)[nH]c(=O)n(C3CC3)c12. The lowest BCUT2D eigenvalue weighted by atomic mass is 9.97. The Labute approximate surface area is 159 Å². The second-order valence-electron chi connectivity index (χ2n) is 7.87. The van der Waals surface area contributed by atoms with E-state index < -0.39 is 29.5 Å². The minimum atomic E-state index is -2.47. The number of benzene rings is 1. The van der Waals surface area contributed by atoms with Crippen molar-refractivity contribution >= 4 is 16.6 Å². The molecular weight excluding hydrogens is 373 g/mol. The summed E-state index contributed by atoms with van der Waals surface area (Å²) in [5, 5.41) is 0.149. The van der Waals surface area contributed by atoms with Gasteiger partial charge >= 0.3 is 5.69 Å². The van der Waals surface area contributed by atoms with Crippen molar-refractivity contribution in [2.45, 2.75) is 51.1 Å². The minimum Gasteiger partial charge on any atom is -0.369 e. The van der Waals surface area contributed by atoms with E-state index in [1.807, 2.05) is 0 Å². The topological polar surface area (TPSA) is 84.1 Å². The molecule has 0 amide bonds. The summed E-state index contributed by atoms with van der Waals surface area (Å²) in [5.41, 5.74) is 6.10. The molecule has 1 aromatic carbocycles. The van der Waals surface area contributed by atoms with Crippen LogP contribution in [0.25, 0.3) is 10.9 Å². The van der Waals surface area contributed by atoms with Gasteiger partial charge in [-0.3, -0.25) is 14.3 Å². The Balaban J connectivity index is 1.77. The Kier molecular flexibility index (Phi) is 4.73. The fraction of sp³-hybridized carbons (Fsp3) is 0.579. The van der Waals surface area contributed by atoms with Gasteiger partial charge < -0.3 is 10.6 Å². The maximum absolute atomic E-state index is 15.0. The highest BCUT2D eigenvalue weighted by Crippen LogP contribution is 2.39. The lowest BCUT2D eigenvalue weighted by Crippen LogP contribution is -2.35. The number of aryl methyl sites for hydroxylation is 1. The molecule has 152 valence electrons. The van der Waals surface area contributed by atoms with Crippen molar-refractivity contribution in [1.82, 2.24) is 9.55 Å². The highest BCUT2D eigenvalue weighted by atomic mass is 19.3. The summed E-state index contributed by atoms with van der Waals surface area (Å²) < 4.78 is 41.8. The van der Waals surface area contributed by atoms with Crippen molar-refractivity contribution in [3.05, 3.63) is 38.3 Å². The van der Waals surface area contributed by atoms with Crippen molar-refractivity contribution < 1.29 is 13.2 Å². The average Bonchev–Trinajstić information content (AvgIpc) is 3.32. The molecule has 2 atom stereocenters. The zero-order chi connectivity index (χ0) is 20.2. The molecule has 2 aliphatic rings. The predicted molar refractivity (Wildman–Crippen MR) is 101 cm³/mol. The van der Waals surface area contributed by atoms with E-state index in [-0.39, 0.29) is 23.8 Å². The van der Waals surface area contributed by atoms with Gasteiger partial charge in [0.05, 0.1) is 16.6 Å². The number of aromatic nitrogens is 2. The van der Waals surface area contributed by atoms with E-state index >= 15 is 0 Å². The maximum Gasteiger partial charge on any atom is 0.329 e. The summed E-state index contributed by atoms with van der Waals surface area (Å²) >= 11 is 0. The number of hydrogen-bond acceptors (Lipinski definition) is 4. The highest BCUT2D eigenvalue weighted by Gasteiger charge is 2.33. The summed E-state index contributed by atoms with van der Waals surface area (Å²) in [7, 11) is 0. The third kappa shape index (κ3) is 3.21. The van der Waals surface area contributed by atoms with Gasteiger partial charge in [-0.05, 0) is 38.2 Å². The van der Waals surface area contributed by atoms with Crippen LogP contribution in [0.1, 0.15) is 37.3 Å². The molecule has 28 heavy (non-hydrogen) atoms. The first-order valence-electron chi connectivity index (χ1n) is 9.54. The summed E-state index contributed by atoms with van der Waals surface area (Å²) in [5.74, 6) is -0.715. The molecule has 3 N–H and O–H groups in total. The average molecular weight is 396 g/mol. The molecule has 1 saturated carbocycles. The molecule has 9 heteroatoms. The number of nitrogens with one attached hydrogen (secondary N) is 1. The monoisotopic (exact) mass is 396 g/mol. The zero-order valence-electron chi connectivity index (χ0n) is 15.6. The lowest BCUT2D eigenvalue weighted by molar-refractivity contribution is 0.120. The van der Waals surface area contributed by atoms with Crippen LogP contribution in [0.4, 0.5) is 18.9 Å². The van der Waals surface area contributed by atoms with E-state index in [1.165, 1.54) is 6.07 Å². The molecular formula is C19H23F3N4O2. The standard InChI is InChI=1S/C19H23F3N4O2/c1-9-16-12(18(27)24-19(28)26(16)11-2-3-11)6-13(20)17(9)25-5-4-10(8-25)14(23)7-15(21)22/h6,10-11,14-15H,2-5,7-8,23H2,1H3,(H,24,27,28). The van der Waals surface area contributed by atoms with Crippen LogP contribution in [0.3, 0.4) is 0 Å². The molecule has 1 aromatic heterocycles. The van der Waals surface area contributed by atoms with Crippen LogP contribution in [0.5, 0.6) is 0 Å². The first-order chi connectivity index (χ1) is 13.3. The number of anilines is 1. The Morgan fingerprint density at radius 2 is 2.00 bits per heavy atom. The Morgan fingerprint density at radius 1 is 1.29 bits per heavy atom. The molecule has 0 spiro atoms. The van der Waals surface area contributed by atoms with Gasteiger partial charge in [0.1, 0.15) is 5.82 Å². The number of H-pyrrole nitrogens is 1. The smallest absolute Gasteiger partial charge is 0.329 e. The maximum atomic E-state index is 15.0. The van der Waals surface area contributed by atoms with E-state index in [9.17, 15) is 22.8 Å². The third-order valence-electron chi connectivity index (χ3n) is 5.90. The summed E-state index contributed by atoms with van der Waals surface area (Å²) in [4.78, 5) is 28.7. The molecule has 2 fully saturated rings. The predicted octanol–water partition coefficient (Wildman–Crippen LogP) is 2.28.